The van der Waals surface area contributed by atoms with E-state index in [1.54, 1.807) is 7.05 Å². The van der Waals surface area contributed by atoms with Gasteiger partial charge in [-0.05, 0) is 7.05 Å². The summed E-state index contributed by atoms with van der Waals surface area (Å²) in [6, 6.07) is 0. The molecule has 0 saturated carbocycles. The molecule has 0 rings (SSSR count). The summed E-state index contributed by atoms with van der Waals surface area (Å²) >= 11 is 0. The summed E-state index contributed by atoms with van der Waals surface area (Å²) < 4.78 is 0. The first kappa shape index (κ1) is 5.59. The van der Waals surface area contributed by atoms with Crippen molar-refractivity contribution < 1.29 is 4.79 Å². The van der Waals surface area contributed by atoms with Gasteiger partial charge in [0, 0.05) is 0 Å². The molecule has 3 N–H and O–H groups in total. The molecule has 0 aliphatic carbocycles. The van der Waals surface area contributed by atoms with Crippen molar-refractivity contribution in [3.8, 4) is 0 Å². The van der Waals surface area contributed by atoms with E-state index in [4.69, 9.17) is 5.73 Å². The second-order valence-corrected chi connectivity index (χ2v) is 0.951. The van der Waals surface area contributed by atoms with Gasteiger partial charge in [-0.2, -0.15) is 0 Å². The highest BCUT2D eigenvalue weighted by Crippen LogP contribution is 1.50. The lowest BCUT2D eigenvalue weighted by molar-refractivity contribution is -0.109. The van der Waals surface area contributed by atoms with Crippen LogP contribution >= 0.6 is 0 Å². The van der Waals surface area contributed by atoms with Crippen LogP contribution in [0.5, 0.6) is 0 Å². The number of nitrogens with one attached hydrogen (secondary N) is 1. The minimum atomic E-state index is -0.495. The van der Waals surface area contributed by atoms with Crippen LogP contribution in [0.2, 0.25) is 0 Å². The molecule has 0 spiro atoms. The van der Waals surface area contributed by atoms with Gasteiger partial charge in [-0.1, -0.05) is 0 Å². The van der Waals surface area contributed by atoms with Crippen molar-refractivity contribution in [1.29, 1.82) is 0 Å². The molecule has 1 atom stereocenters. The number of aldehydes is 1. The van der Waals surface area contributed by atoms with Gasteiger partial charge in [-0.25, -0.2) is 0 Å². The fourth-order valence-electron chi connectivity index (χ4n) is 0.0680. The van der Waals surface area contributed by atoms with Crippen molar-refractivity contribution in [3.63, 3.8) is 0 Å². The van der Waals surface area contributed by atoms with Crippen molar-refractivity contribution in [2.75, 3.05) is 7.05 Å². The normalized spacial score (nSPS) is 13.7. The first-order valence-corrected chi connectivity index (χ1v) is 1.69. The summed E-state index contributed by atoms with van der Waals surface area (Å²) in [5.41, 5.74) is 4.99. The molecule has 0 bridgehead atoms. The lowest BCUT2D eigenvalue weighted by atomic mass is 10.6. The lowest BCUT2D eigenvalue weighted by Gasteiger charge is -1.94. The Morgan fingerprint density at radius 3 is 2.50 bits per heavy atom. The number of nitrogens with two attached hydrogens (primary N) is 1. The zero-order chi connectivity index (χ0) is 4.99. The van der Waals surface area contributed by atoms with E-state index in [0.717, 1.165) is 0 Å². The van der Waals surface area contributed by atoms with Gasteiger partial charge in [0.05, 0.1) is 0 Å². The van der Waals surface area contributed by atoms with E-state index in [1.807, 2.05) is 0 Å². The van der Waals surface area contributed by atoms with Crippen molar-refractivity contribution in [3.05, 3.63) is 0 Å². The molecule has 3 nitrogen and oxygen atoms in total. The molecule has 0 heterocycles. The Morgan fingerprint density at radius 1 is 2.00 bits per heavy atom. The number of hydrogen-bond donors (Lipinski definition) is 2. The van der Waals surface area contributed by atoms with Crippen molar-refractivity contribution in [2.45, 2.75) is 6.17 Å². The number of carbonyl (C=O) groups excluding carboxylic acids is 1. The molecule has 0 saturated heterocycles. The third kappa shape index (κ3) is 1.87. The highest BCUT2D eigenvalue weighted by atomic mass is 16.1. The van der Waals surface area contributed by atoms with E-state index >= 15 is 0 Å². The average Bonchev–Trinajstić information content (AvgIpc) is 1.65. The molecule has 3 heteroatoms. The van der Waals surface area contributed by atoms with Crippen LogP contribution in [0.1, 0.15) is 0 Å². The number of rotatable bonds is 2. The van der Waals surface area contributed by atoms with E-state index in [2.05, 4.69) is 5.32 Å². The van der Waals surface area contributed by atoms with Gasteiger partial charge in [0.25, 0.3) is 0 Å². The molecule has 0 fully saturated rings. The maximum absolute atomic E-state index is 9.55. The topological polar surface area (TPSA) is 55.1 Å². The second-order valence-electron chi connectivity index (χ2n) is 0.951. The molecule has 0 radical (unpaired) electrons. The van der Waals surface area contributed by atoms with Crippen LogP contribution in [0.3, 0.4) is 0 Å². The first-order valence-electron chi connectivity index (χ1n) is 1.69. The summed E-state index contributed by atoms with van der Waals surface area (Å²) in [6.45, 7) is 0. The maximum atomic E-state index is 9.55. The van der Waals surface area contributed by atoms with E-state index in [9.17, 15) is 4.79 Å². The second kappa shape index (κ2) is 2.81. The van der Waals surface area contributed by atoms with Crippen LogP contribution in [-0.2, 0) is 4.79 Å². The Morgan fingerprint density at radius 2 is 2.50 bits per heavy atom. The summed E-state index contributed by atoms with van der Waals surface area (Å²) in [6.07, 6.45) is 0.144. The molecule has 36 valence electrons. The summed E-state index contributed by atoms with van der Waals surface area (Å²) in [5.74, 6) is 0. The highest BCUT2D eigenvalue weighted by molar-refractivity contribution is 5.55. The van der Waals surface area contributed by atoms with Gasteiger partial charge in [0.1, 0.15) is 6.17 Å². The Kier molecular flexibility index (Phi) is 2.62. The van der Waals surface area contributed by atoms with E-state index in [-0.39, 0.29) is 0 Å². The van der Waals surface area contributed by atoms with E-state index < -0.39 is 6.17 Å². The zero-order valence-electron chi connectivity index (χ0n) is 3.64. The Labute approximate surface area is 36.5 Å². The van der Waals surface area contributed by atoms with Gasteiger partial charge >= 0.3 is 0 Å². The minimum absolute atomic E-state index is 0.495. The molecular formula is C3H8N2O. The van der Waals surface area contributed by atoms with Crippen LogP contribution in [-0.4, -0.2) is 19.5 Å². The summed E-state index contributed by atoms with van der Waals surface area (Å²) in [5, 5.41) is 2.52. The Bertz CT molecular complexity index is 46.1. The predicted molar refractivity (Wildman–Crippen MR) is 23.1 cm³/mol. The number of hydrogen-bond acceptors (Lipinski definition) is 3. The van der Waals surface area contributed by atoms with Crippen molar-refractivity contribution in [2.24, 2.45) is 5.73 Å². The van der Waals surface area contributed by atoms with Gasteiger partial charge in [-0.3, -0.25) is 5.32 Å². The molecule has 0 aromatic rings. The first-order chi connectivity index (χ1) is 2.81. The molecule has 0 aromatic heterocycles. The van der Waals surface area contributed by atoms with Gasteiger partial charge in [-0.15, -0.1) is 0 Å². The minimum Gasteiger partial charge on any atom is -0.310 e. The van der Waals surface area contributed by atoms with Gasteiger partial charge in [0.2, 0.25) is 0 Å². The molecule has 6 heavy (non-hydrogen) atoms. The number of likely N-dealkylation sites (N-methyl/N-ethyl adjacent to an activating group) is 1. The van der Waals surface area contributed by atoms with Crippen LogP contribution < -0.4 is 11.1 Å². The fourth-order valence-corrected chi connectivity index (χ4v) is 0.0680. The maximum Gasteiger partial charge on any atom is 0.151 e. The molecule has 0 aliphatic heterocycles. The lowest BCUT2D eigenvalue weighted by Crippen LogP contribution is -2.35. The average molecular weight is 88.1 g/mol. The molecule has 0 unspecified atom stereocenters. The SMILES string of the molecule is CN[C@@H](N)C=O. The highest BCUT2D eigenvalue weighted by Gasteiger charge is 1.86. The standard InChI is InChI=1S/C3H8N2O/c1-5-3(4)2-6/h2-3,5H,4H2,1H3/t3-/m1/s1. The van der Waals surface area contributed by atoms with Crippen LogP contribution in [0.25, 0.3) is 0 Å². The van der Waals surface area contributed by atoms with Gasteiger partial charge < -0.3 is 10.5 Å². The smallest absolute Gasteiger partial charge is 0.151 e. The zero-order valence-corrected chi connectivity index (χ0v) is 3.64. The molecule has 0 amide bonds. The Balaban J connectivity index is 2.96. The van der Waals surface area contributed by atoms with Crippen molar-refractivity contribution in [1.82, 2.24) is 5.32 Å². The van der Waals surface area contributed by atoms with E-state index in [1.165, 1.54) is 0 Å². The predicted octanol–water partition coefficient (Wildman–Crippen LogP) is -1.31. The third-order valence-electron chi connectivity index (χ3n) is 0.480. The van der Waals surface area contributed by atoms with Crippen LogP contribution in [0, 0.1) is 0 Å². The third-order valence-corrected chi connectivity index (χ3v) is 0.480. The van der Waals surface area contributed by atoms with Gasteiger partial charge in [0.15, 0.2) is 6.29 Å². The van der Waals surface area contributed by atoms with E-state index in [0.29, 0.717) is 6.29 Å². The largest absolute Gasteiger partial charge is 0.310 e. The van der Waals surface area contributed by atoms with Crippen LogP contribution in [0.4, 0.5) is 0 Å². The van der Waals surface area contributed by atoms with Crippen molar-refractivity contribution >= 4 is 6.29 Å². The number of carbonyl (C=O) groups is 1. The fraction of sp³-hybridized carbons (Fsp3) is 0.667. The molecule has 0 aliphatic rings. The summed E-state index contributed by atoms with van der Waals surface area (Å²) in [7, 11) is 1.62. The summed E-state index contributed by atoms with van der Waals surface area (Å²) in [4.78, 5) is 9.55. The quantitative estimate of drug-likeness (QED) is 0.325. The Hall–Kier alpha value is -0.410. The molecule has 0 aromatic carbocycles. The monoisotopic (exact) mass is 88.1 g/mol. The molecular weight excluding hydrogens is 80.0 g/mol. The van der Waals surface area contributed by atoms with Crippen LogP contribution in [0.15, 0.2) is 0 Å².